The van der Waals surface area contributed by atoms with Gasteiger partial charge in [0, 0.05) is 31.7 Å². The van der Waals surface area contributed by atoms with Crippen LogP contribution in [0.5, 0.6) is 0 Å². The van der Waals surface area contributed by atoms with Crippen LogP contribution in [-0.2, 0) is 30.8 Å². The lowest BCUT2D eigenvalue weighted by molar-refractivity contribution is -0.151. The molecule has 1 unspecified atom stereocenters. The van der Waals surface area contributed by atoms with Crippen LogP contribution >= 0.6 is 0 Å². The Hall–Kier alpha value is -2.62. The highest BCUT2D eigenvalue weighted by atomic mass is 32.2. The molecule has 2 aliphatic heterocycles. The van der Waals surface area contributed by atoms with Gasteiger partial charge in [0.2, 0.25) is 15.9 Å². The fourth-order valence-corrected chi connectivity index (χ4v) is 5.72. The van der Waals surface area contributed by atoms with Crippen molar-refractivity contribution in [2.75, 3.05) is 43.8 Å². The minimum Gasteiger partial charge on any atom is -0.466 e. The van der Waals surface area contributed by atoms with Crippen molar-refractivity contribution in [3.63, 3.8) is 0 Å². The van der Waals surface area contributed by atoms with E-state index in [1.54, 1.807) is 37.1 Å². The van der Waals surface area contributed by atoms with Gasteiger partial charge in [0.25, 0.3) is 5.91 Å². The van der Waals surface area contributed by atoms with Gasteiger partial charge in [-0.15, -0.1) is 0 Å². The number of esters is 1. The number of anilines is 1. The van der Waals surface area contributed by atoms with E-state index in [0.717, 1.165) is 5.56 Å². The number of piperidine rings is 1. The van der Waals surface area contributed by atoms with Gasteiger partial charge in [-0.2, -0.15) is 0 Å². The molecule has 32 heavy (non-hydrogen) atoms. The maximum atomic E-state index is 12.9. The summed E-state index contributed by atoms with van der Waals surface area (Å²) in [6.07, 6.45) is 2.82. The third-order valence-electron chi connectivity index (χ3n) is 6.02. The monoisotopic (exact) mass is 465 g/mol. The van der Waals surface area contributed by atoms with Crippen LogP contribution in [0.4, 0.5) is 5.69 Å². The number of amides is 2. The van der Waals surface area contributed by atoms with Gasteiger partial charge >= 0.3 is 5.97 Å². The SMILES string of the molecule is CCOC(=O)C1CCN(C(=O)CN(C)C(=O)c2ccc3c(c2)CC(C)N3S(C)(=O)=O)CC1. The van der Waals surface area contributed by atoms with Crippen LogP contribution in [0.3, 0.4) is 0 Å². The molecule has 10 heteroatoms. The summed E-state index contributed by atoms with van der Waals surface area (Å²) in [5.41, 5.74) is 1.82. The summed E-state index contributed by atoms with van der Waals surface area (Å²) in [5.74, 6) is -0.861. The molecule has 0 N–H and O–H groups in total. The van der Waals surface area contributed by atoms with Crippen molar-refractivity contribution in [2.24, 2.45) is 5.92 Å². The number of hydrogen-bond donors (Lipinski definition) is 0. The lowest BCUT2D eigenvalue weighted by Gasteiger charge is -2.32. The second-order valence-corrected chi connectivity index (χ2v) is 10.4. The molecule has 0 bridgehead atoms. The second kappa shape index (κ2) is 9.48. The number of ether oxygens (including phenoxy) is 1. The maximum Gasteiger partial charge on any atom is 0.309 e. The number of carbonyl (C=O) groups is 3. The average Bonchev–Trinajstić information content (AvgIpc) is 3.08. The predicted molar refractivity (Wildman–Crippen MR) is 120 cm³/mol. The van der Waals surface area contributed by atoms with E-state index in [4.69, 9.17) is 4.74 Å². The number of sulfonamides is 1. The molecular weight excluding hydrogens is 434 g/mol. The maximum absolute atomic E-state index is 12.9. The molecule has 2 aliphatic rings. The van der Waals surface area contributed by atoms with Gasteiger partial charge in [-0.05, 0) is 56.9 Å². The van der Waals surface area contributed by atoms with Gasteiger partial charge < -0.3 is 14.5 Å². The van der Waals surface area contributed by atoms with E-state index in [1.165, 1.54) is 15.5 Å². The van der Waals surface area contributed by atoms with Crippen molar-refractivity contribution in [3.05, 3.63) is 29.3 Å². The molecule has 0 radical (unpaired) electrons. The number of fused-ring (bicyclic) bond motifs is 1. The Morgan fingerprint density at radius 1 is 1.19 bits per heavy atom. The summed E-state index contributed by atoms with van der Waals surface area (Å²) in [5, 5.41) is 0. The number of nitrogens with zero attached hydrogens (tertiary/aromatic N) is 3. The number of hydrogen-bond acceptors (Lipinski definition) is 6. The lowest BCUT2D eigenvalue weighted by Crippen LogP contribution is -2.45. The molecule has 176 valence electrons. The number of likely N-dealkylation sites (tertiary alicyclic amines) is 1. The van der Waals surface area contributed by atoms with E-state index in [0.29, 0.717) is 50.2 Å². The van der Waals surface area contributed by atoms with Crippen molar-refractivity contribution in [2.45, 2.75) is 39.2 Å². The molecule has 9 nitrogen and oxygen atoms in total. The minimum absolute atomic E-state index is 0.0636. The van der Waals surface area contributed by atoms with E-state index in [9.17, 15) is 22.8 Å². The first-order chi connectivity index (χ1) is 15.0. The summed E-state index contributed by atoms with van der Waals surface area (Å²) in [4.78, 5) is 40.5. The molecule has 2 amide bonds. The highest BCUT2D eigenvalue weighted by molar-refractivity contribution is 7.92. The van der Waals surface area contributed by atoms with E-state index in [-0.39, 0.29) is 36.3 Å². The first kappa shape index (κ1) is 24.0. The quantitative estimate of drug-likeness (QED) is 0.586. The molecule has 2 heterocycles. The molecule has 0 aromatic heterocycles. The first-order valence-corrected chi connectivity index (χ1v) is 12.7. The number of likely N-dealkylation sites (N-methyl/N-ethyl adjacent to an activating group) is 1. The van der Waals surface area contributed by atoms with Crippen LogP contribution < -0.4 is 4.31 Å². The van der Waals surface area contributed by atoms with Crippen molar-refractivity contribution >= 4 is 33.5 Å². The van der Waals surface area contributed by atoms with Crippen LogP contribution in [0, 0.1) is 5.92 Å². The van der Waals surface area contributed by atoms with Gasteiger partial charge in [0.1, 0.15) is 0 Å². The Labute approximate surface area is 189 Å². The number of carbonyl (C=O) groups excluding carboxylic acids is 3. The third kappa shape index (κ3) is 5.06. The van der Waals surface area contributed by atoms with Crippen LogP contribution in [0.25, 0.3) is 0 Å². The van der Waals surface area contributed by atoms with Crippen molar-refractivity contribution in [1.29, 1.82) is 0 Å². The standard InChI is InChI=1S/C22H31N3O6S/c1-5-31-22(28)16-8-10-24(11-9-16)20(26)14-23(3)21(27)17-6-7-19-18(13-17)12-15(2)25(19)32(4,29)30/h6-7,13,15-16H,5,8-12,14H2,1-4H3. The number of rotatable bonds is 6. The van der Waals surface area contributed by atoms with Gasteiger partial charge in [-0.25, -0.2) is 8.42 Å². The van der Waals surface area contributed by atoms with Crippen LogP contribution in [0.2, 0.25) is 0 Å². The Kier molecular flexibility index (Phi) is 7.12. The zero-order valence-electron chi connectivity index (χ0n) is 19.0. The Bertz CT molecular complexity index is 1000. The first-order valence-electron chi connectivity index (χ1n) is 10.8. The highest BCUT2D eigenvalue weighted by Gasteiger charge is 2.33. The fraction of sp³-hybridized carbons (Fsp3) is 0.591. The topological polar surface area (TPSA) is 104 Å². The van der Waals surface area contributed by atoms with Crippen molar-refractivity contribution < 1.29 is 27.5 Å². The molecule has 1 aromatic rings. The normalized spacial score (nSPS) is 18.9. The van der Waals surface area contributed by atoms with Crippen LogP contribution in [0.15, 0.2) is 18.2 Å². The van der Waals surface area contributed by atoms with E-state index >= 15 is 0 Å². The fourth-order valence-electron chi connectivity index (χ4n) is 4.46. The summed E-state index contributed by atoms with van der Waals surface area (Å²) in [6, 6.07) is 4.76. The molecule has 1 atom stereocenters. The largest absolute Gasteiger partial charge is 0.466 e. The molecule has 3 rings (SSSR count). The van der Waals surface area contributed by atoms with Gasteiger partial charge in [0.15, 0.2) is 0 Å². The Morgan fingerprint density at radius 2 is 1.84 bits per heavy atom. The number of benzene rings is 1. The molecule has 1 saturated heterocycles. The third-order valence-corrected chi connectivity index (χ3v) is 7.29. The van der Waals surface area contributed by atoms with E-state index in [1.807, 2.05) is 6.92 Å². The zero-order valence-corrected chi connectivity index (χ0v) is 19.9. The smallest absolute Gasteiger partial charge is 0.309 e. The molecule has 1 aromatic carbocycles. The van der Waals surface area contributed by atoms with Crippen molar-refractivity contribution in [1.82, 2.24) is 9.80 Å². The van der Waals surface area contributed by atoms with Crippen LogP contribution in [0.1, 0.15) is 42.6 Å². The average molecular weight is 466 g/mol. The molecule has 0 spiro atoms. The summed E-state index contributed by atoms with van der Waals surface area (Å²) < 4.78 is 30.6. The Balaban J connectivity index is 1.60. The molecular formula is C22H31N3O6S. The minimum atomic E-state index is -3.40. The molecule has 0 aliphatic carbocycles. The van der Waals surface area contributed by atoms with Gasteiger partial charge in [-0.1, -0.05) is 0 Å². The predicted octanol–water partition coefficient (Wildman–Crippen LogP) is 1.27. The zero-order chi connectivity index (χ0) is 23.6. The molecule has 0 saturated carbocycles. The molecule has 1 fully saturated rings. The second-order valence-electron chi connectivity index (χ2n) is 8.52. The Morgan fingerprint density at radius 3 is 2.44 bits per heavy atom. The summed E-state index contributed by atoms with van der Waals surface area (Å²) in [6.45, 7) is 4.81. The van der Waals surface area contributed by atoms with Gasteiger partial charge in [0.05, 0.1) is 31.0 Å². The summed E-state index contributed by atoms with van der Waals surface area (Å²) in [7, 11) is -1.82. The van der Waals surface area contributed by atoms with E-state index < -0.39 is 10.0 Å². The van der Waals surface area contributed by atoms with Crippen molar-refractivity contribution in [3.8, 4) is 0 Å². The highest BCUT2D eigenvalue weighted by Crippen LogP contribution is 2.34. The lowest BCUT2D eigenvalue weighted by atomic mass is 9.97. The summed E-state index contributed by atoms with van der Waals surface area (Å²) >= 11 is 0. The van der Waals surface area contributed by atoms with Crippen LogP contribution in [-0.4, -0.2) is 81.6 Å². The van der Waals surface area contributed by atoms with E-state index in [2.05, 4.69) is 0 Å². The van der Waals surface area contributed by atoms with Gasteiger partial charge in [-0.3, -0.25) is 18.7 Å².